The van der Waals surface area contributed by atoms with Gasteiger partial charge in [0.25, 0.3) is 0 Å². The van der Waals surface area contributed by atoms with Crippen molar-refractivity contribution in [1.29, 1.82) is 0 Å². The Morgan fingerprint density at radius 3 is 1.06 bits per heavy atom. The Morgan fingerprint density at radius 2 is 0.698 bits per heavy atom. The quantitative estimate of drug-likeness (QED) is 0.0195. The second-order valence-corrected chi connectivity index (χ2v) is 29.2. The maximum Gasteiger partial charge on any atom is 0.305 e. The van der Waals surface area contributed by atoms with Gasteiger partial charge >= 0.3 is 5.97 Å². The molecule has 1 fully saturated rings. The van der Waals surface area contributed by atoms with Crippen molar-refractivity contribution in [3.63, 3.8) is 0 Å². The molecule has 0 saturated carbocycles. The molecule has 7 unspecified atom stereocenters. The maximum atomic E-state index is 13.1. The number of carbonyl (C=O) groups is 2. The SMILES string of the molecule is CCCCCCCC/C=C\CCCCCCCCCC(=O)OCCCCCCCCCCCCCCCCC/C=C\C/C=C\CCCCCCCCCCCCCCCCCCCC(=O)NC(COC1OC(CO)C(O)C(O)C1O)C(O)/C=C/CCCCCCCCCCCC. The normalized spacial score (nSPS) is 17.5. The van der Waals surface area contributed by atoms with E-state index in [0.29, 0.717) is 19.4 Å². The zero-order chi connectivity index (χ0) is 69.4. The summed E-state index contributed by atoms with van der Waals surface area (Å²) in [7, 11) is 0. The van der Waals surface area contributed by atoms with Gasteiger partial charge in [0, 0.05) is 12.8 Å². The standard InChI is InChI=1S/C85H159NO10/c1-3-5-7-9-11-13-15-17-18-42-46-49-53-57-61-65-69-73-81(90)94-74-70-66-62-58-54-50-47-44-41-39-37-35-33-31-29-27-25-23-21-19-20-22-24-26-28-30-32-34-36-38-40-43-45-48-52-56-60-64-68-72-80(89)86-77(76-95-85-84(93)83(92)82(91)79(75-87)96-85)78(88)71-67-63-59-55-51-16-14-12-10-8-6-4-2/h17-20,23,25,67,71,77-79,82-85,87-88,91-93H,3-16,21-22,24,26-66,68-70,72-76H2,1-2H3,(H,86,89)/b18-17-,20-19-,25-23-,71-67+. The van der Waals surface area contributed by atoms with E-state index in [1.54, 1.807) is 6.08 Å². The minimum atomic E-state index is -1.57. The molecule has 0 radical (unpaired) electrons. The number of nitrogens with one attached hydrogen (secondary N) is 1. The molecule has 0 aromatic rings. The highest BCUT2D eigenvalue weighted by atomic mass is 16.7. The highest BCUT2D eigenvalue weighted by molar-refractivity contribution is 5.76. The lowest BCUT2D eigenvalue weighted by Gasteiger charge is -2.40. The highest BCUT2D eigenvalue weighted by Crippen LogP contribution is 2.24. The van der Waals surface area contributed by atoms with Gasteiger partial charge in [0.05, 0.1) is 32.0 Å². The maximum absolute atomic E-state index is 13.1. The molecule has 0 aromatic heterocycles. The van der Waals surface area contributed by atoms with Crippen molar-refractivity contribution >= 4 is 11.9 Å². The number of carbonyl (C=O) groups excluding carboxylic acids is 2. The van der Waals surface area contributed by atoms with Crippen LogP contribution in [0.1, 0.15) is 418 Å². The lowest BCUT2D eigenvalue weighted by molar-refractivity contribution is -0.302. The Hall–Kier alpha value is -2.38. The third-order valence-corrected chi connectivity index (χ3v) is 19.9. The molecule has 1 rings (SSSR count). The zero-order valence-corrected chi connectivity index (χ0v) is 63.1. The average Bonchev–Trinajstić information content (AvgIpc) is 0.850. The number of aliphatic hydroxyl groups excluding tert-OH is 5. The van der Waals surface area contributed by atoms with E-state index in [1.807, 2.05) is 6.08 Å². The van der Waals surface area contributed by atoms with Gasteiger partial charge in [0.15, 0.2) is 6.29 Å². The smallest absolute Gasteiger partial charge is 0.305 e. The average molecular weight is 1360 g/mol. The number of rotatable bonds is 75. The first kappa shape index (κ1) is 91.6. The highest BCUT2D eigenvalue weighted by Gasteiger charge is 2.44. The molecular formula is C85H159NO10. The van der Waals surface area contributed by atoms with Gasteiger partial charge in [-0.15, -0.1) is 0 Å². The van der Waals surface area contributed by atoms with Gasteiger partial charge in [0.2, 0.25) is 5.91 Å². The first-order valence-electron chi connectivity index (χ1n) is 41.9. The first-order chi connectivity index (χ1) is 47.2. The molecule has 564 valence electrons. The van der Waals surface area contributed by atoms with Crippen molar-refractivity contribution in [3.05, 3.63) is 48.6 Å². The number of amides is 1. The third-order valence-electron chi connectivity index (χ3n) is 19.9. The molecule has 0 aliphatic carbocycles. The lowest BCUT2D eigenvalue weighted by Crippen LogP contribution is -2.60. The van der Waals surface area contributed by atoms with Crippen molar-refractivity contribution in [2.45, 2.75) is 461 Å². The molecule has 96 heavy (non-hydrogen) atoms. The van der Waals surface area contributed by atoms with E-state index in [0.717, 1.165) is 64.2 Å². The van der Waals surface area contributed by atoms with E-state index in [9.17, 15) is 35.1 Å². The number of hydrogen-bond donors (Lipinski definition) is 6. The fourth-order valence-electron chi connectivity index (χ4n) is 13.3. The van der Waals surface area contributed by atoms with E-state index in [2.05, 4.69) is 55.6 Å². The first-order valence-corrected chi connectivity index (χ1v) is 41.9. The van der Waals surface area contributed by atoms with Crippen LogP contribution in [0.2, 0.25) is 0 Å². The van der Waals surface area contributed by atoms with Crippen molar-refractivity contribution < 1.29 is 49.3 Å². The fourth-order valence-corrected chi connectivity index (χ4v) is 13.3. The van der Waals surface area contributed by atoms with Crippen LogP contribution in [0.3, 0.4) is 0 Å². The second-order valence-electron chi connectivity index (χ2n) is 29.2. The summed E-state index contributed by atoms with van der Waals surface area (Å²) in [5.41, 5.74) is 0. The summed E-state index contributed by atoms with van der Waals surface area (Å²) in [4.78, 5) is 25.2. The van der Waals surface area contributed by atoms with Crippen molar-refractivity contribution in [1.82, 2.24) is 5.32 Å². The van der Waals surface area contributed by atoms with Gasteiger partial charge in [0.1, 0.15) is 24.4 Å². The molecule has 6 N–H and O–H groups in total. The number of aliphatic hydroxyl groups is 5. The molecule has 1 heterocycles. The van der Waals surface area contributed by atoms with E-state index in [4.69, 9.17) is 14.2 Å². The summed E-state index contributed by atoms with van der Waals surface area (Å²) in [6.45, 7) is 4.38. The van der Waals surface area contributed by atoms with Crippen LogP contribution in [0.4, 0.5) is 0 Å². The zero-order valence-electron chi connectivity index (χ0n) is 63.1. The third kappa shape index (κ3) is 61.5. The second kappa shape index (κ2) is 73.8. The van der Waals surface area contributed by atoms with Gasteiger partial charge in [-0.2, -0.15) is 0 Å². The molecular weight excluding hydrogens is 1190 g/mol. The Bertz CT molecular complexity index is 1740. The number of unbranched alkanes of at least 4 members (excludes halogenated alkanes) is 55. The lowest BCUT2D eigenvalue weighted by atomic mass is 9.99. The van der Waals surface area contributed by atoms with E-state index in [-0.39, 0.29) is 18.5 Å². The minimum absolute atomic E-state index is 0.0118. The van der Waals surface area contributed by atoms with Crippen LogP contribution in [-0.2, 0) is 23.8 Å². The summed E-state index contributed by atoms with van der Waals surface area (Å²) < 4.78 is 16.8. The van der Waals surface area contributed by atoms with E-state index in [1.165, 1.54) is 327 Å². The topological polar surface area (TPSA) is 175 Å². The predicted molar refractivity (Wildman–Crippen MR) is 407 cm³/mol. The summed E-state index contributed by atoms with van der Waals surface area (Å²) in [5, 5.41) is 54.5. The Balaban J connectivity index is 1.88. The van der Waals surface area contributed by atoms with Crippen molar-refractivity contribution in [2.24, 2.45) is 0 Å². The molecule has 0 aromatic carbocycles. The molecule has 0 spiro atoms. The van der Waals surface area contributed by atoms with Crippen LogP contribution in [0.15, 0.2) is 48.6 Å². The monoisotopic (exact) mass is 1350 g/mol. The molecule has 1 aliphatic heterocycles. The Kier molecular flexibility index (Phi) is 70.5. The summed E-state index contributed by atoms with van der Waals surface area (Å²) >= 11 is 0. The van der Waals surface area contributed by atoms with Gasteiger partial charge in [-0.1, -0.05) is 364 Å². The molecule has 1 saturated heterocycles. The largest absolute Gasteiger partial charge is 0.466 e. The van der Waals surface area contributed by atoms with E-state index >= 15 is 0 Å². The van der Waals surface area contributed by atoms with Gasteiger partial charge in [-0.3, -0.25) is 9.59 Å². The Morgan fingerprint density at radius 1 is 0.385 bits per heavy atom. The van der Waals surface area contributed by atoms with Crippen LogP contribution in [-0.4, -0.2) is 100 Å². The Labute approximate surface area is 593 Å². The van der Waals surface area contributed by atoms with Gasteiger partial charge in [-0.05, 0) is 89.9 Å². The number of esters is 1. The van der Waals surface area contributed by atoms with Gasteiger partial charge < -0.3 is 45.1 Å². The summed E-state index contributed by atoms with van der Waals surface area (Å²) in [5.74, 6) is -0.165. The van der Waals surface area contributed by atoms with Crippen LogP contribution in [0.5, 0.6) is 0 Å². The van der Waals surface area contributed by atoms with Gasteiger partial charge in [-0.25, -0.2) is 0 Å². The predicted octanol–water partition coefficient (Wildman–Crippen LogP) is 23.0. The summed E-state index contributed by atoms with van der Waals surface area (Å²) in [6.07, 6.45) is 88.7. The molecule has 0 bridgehead atoms. The van der Waals surface area contributed by atoms with Crippen LogP contribution < -0.4 is 5.32 Å². The van der Waals surface area contributed by atoms with Crippen LogP contribution >= 0.6 is 0 Å². The van der Waals surface area contributed by atoms with Crippen LogP contribution in [0.25, 0.3) is 0 Å². The molecule has 11 nitrogen and oxygen atoms in total. The molecule has 1 aliphatic rings. The number of ether oxygens (including phenoxy) is 3. The fraction of sp³-hybridized carbons (Fsp3) is 0.882. The van der Waals surface area contributed by atoms with Crippen molar-refractivity contribution in [2.75, 3.05) is 19.8 Å². The van der Waals surface area contributed by atoms with Crippen molar-refractivity contribution in [3.8, 4) is 0 Å². The molecule has 11 heteroatoms. The van der Waals surface area contributed by atoms with Crippen LogP contribution in [0, 0.1) is 0 Å². The van der Waals surface area contributed by atoms with E-state index < -0.39 is 49.5 Å². The number of hydrogen-bond acceptors (Lipinski definition) is 10. The summed E-state index contributed by atoms with van der Waals surface area (Å²) in [6, 6.07) is -0.808. The number of allylic oxidation sites excluding steroid dienone is 7. The molecule has 7 atom stereocenters. The molecule has 1 amide bonds. The minimum Gasteiger partial charge on any atom is -0.466 e.